The number of hydrogen-bond donors (Lipinski definition) is 14. The van der Waals surface area contributed by atoms with Crippen molar-refractivity contribution in [3.63, 3.8) is 0 Å². The number of methoxy groups -OCH3 is 1. The maximum absolute atomic E-state index is 15.3. The number of aromatic nitrogens is 1. The van der Waals surface area contributed by atoms with Crippen molar-refractivity contribution in [2.75, 3.05) is 39.0 Å². The van der Waals surface area contributed by atoms with E-state index in [1.54, 1.807) is 69.3 Å². The number of aliphatic hydroxyl groups excluding tert-OH is 1. The van der Waals surface area contributed by atoms with Gasteiger partial charge in [0, 0.05) is 24.0 Å². The van der Waals surface area contributed by atoms with Crippen LogP contribution in [0.4, 0.5) is 0 Å². The van der Waals surface area contributed by atoms with Crippen molar-refractivity contribution in [2.45, 2.75) is 165 Å². The molecule has 2 aliphatic heterocycles. The molecule has 0 saturated carbocycles. The first-order valence-corrected chi connectivity index (χ1v) is 29.9. The van der Waals surface area contributed by atoms with E-state index in [4.69, 9.17) is 16.2 Å². The molecule has 0 saturated heterocycles. The van der Waals surface area contributed by atoms with Crippen LogP contribution in [0.5, 0.6) is 5.75 Å². The van der Waals surface area contributed by atoms with Gasteiger partial charge >= 0.3 is 0 Å². The van der Waals surface area contributed by atoms with Crippen molar-refractivity contribution >= 4 is 81.6 Å². The molecule has 1 aromatic heterocycles. The van der Waals surface area contributed by atoms with Crippen molar-refractivity contribution in [1.82, 2.24) is 58.2 Å². The highest BCUT2D eigenvalue weighted by atomic mass is 32.2. The van der Waals surface area contributed by atoms with E-state index >= 15 is 9.59 Å². The van der Waals surface area contributed by atoms with Gasteiger partial charge in [-0.05, 0) is 93.1 Å². The van der Waals surface area contributed by atoms with Crippen LogP contribution in [0.1, 0.15) is 98.1 Å². The monoisotopic (exact) mass is 1190 g/mol. The Morgan fingerprint density at radius 1 is 0.619 bits per heavy atom. The Morgan fingerprint density at radius 3 is 1.81 bits per heavy atom. The molecule has 2 aliphatic rings. The lowest BCUT2D eigenvalue weighted by molar-refractivity contribution is -0.136. The Morgan fingerprint density at radius 2 is 1.20 bits per heavy atom. The predicted molar refractivity (Wildman–Crippen MR) is 317 cm³/mol. The van der Waals surface area contributed by atoms with Crippen molar-refractivity contribution in [3.05, 3.63) is 59.7 Å². The molecule has 16 N–H and O–H groups in total. The summed E-state index contributed by atoms with van der Waals surface area (Å²) in [4.78, 5) is 149. The normalized spacial score (nSPS) is 25.4. The second kappa shape index (κ2) is 32.8. The second-order valence-corrected chi connectivity index (χ2v) is 23.4. The van der Waals surface area contributed by atoms with Gasteiger partial charge in [0.15, 0.2) is 5.78 Å². The van der Waals surface area contributed by atoms with Gasteiger partial charge in [-0.15, -0.1) is 11.8 Å². The number of H-pyrrole nitrogens is 1. The van der Waals surface area contributed by atoms with Crippen molar-refractivity contribution in [2.24, 2.45) is 29.2 Å². The highest BCUT2D eigenvalue weighted by Crippen LogP contribution is 2.37. The number of aliphatic hydroxyl groups is 1. The summed E-state index contributed by atoms with van der Waals surface area (Å²) >= 11 is 1.06. The fourth-order valence-electron chi connectivity index (χ4n) is 9.91. The zero-order chi connectivity index (χ0) is 61.8. The van der Waals surface area contributed by atoms with Crippen LogP contribution in [0, 0.1) is 17.8 Å². The highest BCUT2D eigenvalue weighted by molar-refractivity contribution is 7.99. The second-order valence-electron chi connectivity index (χ2n) is 22.3. The summed E-state index contributed by atoms with van der Waals surface area (Å²) in [6.45, 7) is 10.8. The number of aromatic amines is 1. The molecule has 11 atom stereocenters. The van der Waals surface area contributed by atoms with E-state index in [0.29, 0.717) is 39.2 Å². The topological polar surface area (TPSA) is 388 Å². The van der Waals surface area contributed by atoms with Gasteiger partial charge in [-0.1, -0.05) is 84.4 Å². The zero-order valence-electron chi connectivity index (χ0n) is 49.3. The van der Waals surface area contributed by atoms with E-state index in [1.165, 1.54) is 14.0 Å². The number of fused-ring (bicyclic) bond motifs is 4. The third-order valence-corrected chi connectivity index (χ3v) is 16.0. The number of ether oxygens (including phenoxy) is 1. The number of nitrogens with two attached hydrogens (primary N) is 2. The number of nitrogens with one attached hydrogen (secondary N) is 11. The summed E-state index contributed by atoms with van der Waals surface area (Å²) in [5.41, 5.74) is 13.3. The van der Waals surface area contributed by atoms with Crippen molar-refractivity contribution in [1.29, 1.82) is 0 Å². The van der Waals surface area contributed by atoms with Crippen LogP contribution in [0.2, 0.25) is 0 Å². The summed E-state index contributed by atoms with van der Waals surface area (Å²) in [6, 6.07) is 1.60. The van der Waals surface area contributed by atoms with Crippen molar-refractivity contribution < 1.29 is 57.8 Å². The number of carbonyl (C=O) groups is 10. The summed E-state index contributed by atoms with van der Waals surface area (Å²) in [6.07, 6.45) is -0.854. The van der Waals surface area contributed by atoms with Crippen LogP contribution >= 0.6 is 11.8 Å². The van der Waals surface area contributed by atoms with Gasteiger partial charge in [-0.2, -0.15) is 0 Å². The summed E-state index contributed by atoms with van der Waals surface area (Å²) < 4.78 is 5.88. The van der Waals surface area contributed by atoms with Crippen LogP contribution in [0.15, 0.2) is 53.6 Å². The Balaban J connectivity index is 1.80. The smallest absolute Gasteiger partial charge is 0.243 e. The molecule has 2 aromatic carbocycles. The van der Waals surface area contributed by atoms with Crippen LogP contribution in [0.25, 0.3) is 10.9 Å². The molecule has 11 unspecified atom stereocenters. The number of hydrogen-bond acceptors (Lipinski definition) is 16. The lowest BCUT2D eigenvalue weighted by atomic mass is 9.96. The third-order valence-electron chi connectivity index (χ3n) is 14.9. The minimum Gasteiger partial charge on any atom is -0.496 e. The SMILES string of the molecule is CCC(C)C1NC(=O)C(CC(C)C)NC(=O)C(CCCN)NC(=O)C(C(C)C)NC(=O)C2Cc3c([nH]c4cccc(OC)c34)SCC(NC1=O)C(=O)CNC(C(C)O)C(=O)NCC(=O)NC(CCCN)C(=O)NC(Cc1ccccc1)C(=O)N2. The molecular formula is C58H87N13O12S. The molecule has 462 valence electrons. The number of ketones is 1. The van der Waals surface area contributed by atoms with Gasteiger partial charge in [-0.25, -0.2) is 0 Å². The highest BCUT2D eigenvalue weighted by Gasteiger charge is 2.39. The Hall–Kier alpha value is -7.13. The number of benzene rings is 2. The molecule has 5 rings (SSSR count). The molecule has 9 amide bonds. The Kier molecular flexibility index (Phi) is 26.4. The van der Waals surface area contributed by atoms with Gasteiger partial charge in [0.25, 0.3) is 0 Å². The fourth-order valence-corrected chi connectivity index (χ4v) is 11.1. The first-order chi connectivity index (χ1) is 40.0. The summed E-state index contributed by atoms with van der Waals surface area (Å²) in [7, 11) is 1.45. The van der Waals surface area contributed by atoms with Gasteiger partial charge < -0.3 is 74.1 Å². The molecule has 0 radical (unpaired) electrons. The standard InChI is InChI=1S/C58H87N13O12S/c1-9-32(6)48-57(82)68-42-29-84-58-35(46-36(69-58)18-13-21-44(46)83-8)26-41(54(79)70-47(31(4)5)56(81)64-38(20-15-23-60)51(76)65-39(24-30(2)3)53(78)71-48)67-52(77)40(25-34-16-11-10-12-17-34)66-50(75)37(19-14-22-59)63-45(74)28-62-55(80)49(33(7)72)61-27-43(42)73/h10-13,16-18,21,30-33,37-42,47-49,61,69,72H,9,14-15,19-20,22-29,59-60H2,1-8H3,(H,62,80)(H,63,74)(H,64,81)(H,65,76)(H,66,75)(H,67,77)(H,68,82)(H,70,79)(H,71,78). The number of carbonyl (C=O) groups excluding carboxylic acids is 10. The largest absolute Gasteiger partial charge is 0.496 e. The predicted octanol–water partition coefficient (Wildman–Crippen LogP) is -0.790. The molecule has 25 nitrogen and oxygen atoms in total. The van der Waals surface area contributed by atoms with Crippen LogP contribution < -0.4 is 69.4 Å². The summed E-state index contributed by atoms with van der Waals surface area (Å²) in [5.74, 6) is -9.08. The Bertz CT molecular complexity index is 2780. The molecule has 0 spiro atoms. The first kappa shape index (κ1) is 67.7. The van der Waals surface area contributed by atoms with E-state index in [9.17, 15) is 43.5 Å². The summed E-state index contributed by atoms with van der Waals surface area (Å²) in [5, 5.41) is 39.3. The molecule has 84 heavy (non-hydrogen) atoms. The van der Waals surface area contributed by atoms with Crippen LogP contribution in [-0.2, 0) is 60.8 Å². The molecule has 2 bridgehead atoms. The maximum Gasteiger partial charge on any atom is 0.243 e. The molecule has 0 aliphatic carbocycles. The molecule has 26 heteroatoms. The molecule has 3 heterocycles. The third kappa shape index (κ3) is 19.2. The fraction of sp³-hybridized carbons (Fsp3) is 0.586. The van der Waals surface area contributed by atoms with Gasteiger partial charge in [0.05, 0.1) is 42.9 Å². The number of amides is 9. The van der Waals surface area contributed by atoms with E-state index in [2.05, 4.69) is 58.2 Å². The average molecular weight is 1190 g/mol. The number of rotatable bonds is 15. The minimum absolute atomic E-state index is 0.00360. The molecular weight excluding hydrogens is 1100 g/mol. The average Bonchev–Trinajstić information content (AvgIpc) is 4.02. The van der Waals surface area contributed by atoms with Gasteiger partial charge in [0.1, 0.15) is 54.1 Å². The lowest BCUT2D eigenvalue weighted by Gasteiger charge is -2.30. The Labute approximate surface area is 494 Å². The minimum atomic E-state index is -1.56. The number of Topliss-reactive ketones (excluding diaryl/α,β-unsaturated/α-hetero) is 1. The van der Waals surface area contributed by atoms with E-state index in [1.807, 2.05) is 20.8 Å². The molecule has 0 fully saturated rings. The maximum atomic E-state index is 15.3. The van der Waals surface area contributed by atoms with E-state index < -0.39 is 144 Å². The first-order valence-electron chi connectivity index (χ1n) is 28.9. The molecule has 3 aromatic rings. The van der Waals surface area contributed by atoms with Crippen LogP contribution in [0.3, 0.4) is 0 Å². The van der Waals surface area contributed by atoms with Crippen molar-refractivity contribution in [3.8, 4) is 5.75 Å². The number of thioether (sulfide) groups is 1. The zero-order valence-corrected chi connectivity index (χ0v) is 50.1. The quantitative estimate of drug-likeness (QED) is 0.0887. The van der Waals surface area contributed by atoms with Gasteiger partial charge in [0.2, 0.25) is 53.2 Å². The lowest BCUT2D eigenvalue weighted by Crippen LogP contribution is -2.61. The van der Waals surface area contributed by atoms with Crippen LogP contribution in [-0.4, -0.2) is 169 Å². The van der Waals surface area contributed by atoms with E-state index in [0.717, 1.165) is 11.8 Å². The van der Waals surface area contributed by atoms with E-state index in [-0.39, 0.29) is 69.7 Å². The van der Waals surface area contributed by atoms with Gasteiger partial charge in [-0.3, -0.25) is 53.3 Å².